The van der Waals surface area contributed by atoms with Crippen LogP contribution < -0.4 is 4.72 Å². The van der Waals surface area contributed by atoms with E-state index in [9.17, 15) is 18.0 Å². The Kier molecular flexibility index (Phi) is 6.15. The van der Waals surface area contributed by atoms with Gasteiger partial charge in [-0.1, -0.05) is 6.92 Å². The van der Waals surface area contributed by atoms with Crippen LogP contribution in [0.3, 0.4) is 0 Å². The Labute approximate surface area is 146 Å². The van der Waals surface area contributed by atoms with Crippen molar-refractivity contribution >= 4 is 21.9 Å². The van der Waals surface area contributed by atoms with Gasteiger partial charge in [-0.25, -0.2) is 13.1 Å². The number of hydrogen-bond acceptors (Lipinski definition) is 5. The minimum absolute atomic E-state index is 0.0733. The fourth-order valence-corrected chi connectivity index (χ4v) is 3.95. The van der Waals surface area contributed by atoms with E-state index in [0.717, 1.165) is 0 Å². The summed E-state index contributed by atoms with van der Waals surface area (Å²) in [6.45, 7) is 2.26. The van der Waals surface area contributed by atoms with E-state index in [-0.39, 0.29) is 29.9 Å². The molecule has 0 spiro atoms. The average Bonchev–Trinajstić information content (AvgIpc) is 2.96. The van der Waals surface area contributed by atoms with Crippen LogP contribution in [0.1, 0.15) is 30.1 Å². The van der Waals surface area contributed by atoms with Crippen molar-refractivity contribution in [2.75, 3.05) is 20.2 Å². The Morgan fingerprint density at radius 1 is 1.32 bits per heavy atom. The summed E-state index contributed by atoms with van der Waals surface area (Å²) < 4.78 is 31.5. The van der Waals surface area contributed by atoms with Crippen molar-refractivity contribution in [3.05, 3.63) is 29.8 Å². The lowest BCUT2D eigenvalue weighted by molar-refractivity contribution is -0.138. The van der Waals surface area contributed by atoms with Crippen LogP contribution in [0, 0.1) is 0 Å². The van der Waals surface area contributed by atoms with Crippen LogP contribution in [0.2, 0.25) is 0 Å². The summed E-state index contributed by atoms with van der Waals surface area (Å²) in [6.07, 6.45) is 0.0987. The van der Waals surface area contributed by atoms with Gasteiger partial charge in [0.2, 0.25) is 10.0 Å². The monoisotopic (exact) mass is 370 g/mol. The average molecular weight is 370 g/mol. The highest BCUT2D eigenvalue weighted by Gasteiger charge is 2.36. The summed E-state index contributed by atoms with van der Waals surface area (Å²) >= 11 is 0. The molecule has 1 saturated heterocycles. The normalized spacial score (nSPS) is 20.6. The van der Waals surface area contributed by atoms with Crippen molar-refractivity contribution in [3.8, 4) is 0 Å². The smallest absolute Gasteiger partial charge is 0.305 e. The molecule has 8 nitrogen and oxygen atoms in total. The lowest BCUT2D eigenvalue weighted by Gasteiger charge is -2.23. The van der Waals surface area contributed by atoms with Crippen LogP contribution in [0.4, 0.5) is 0 Å². The van der Waals surface area contributed by atoms with E-state index < -0.39 is 22.0 Å². The van der Waals surface area contributed by atoms with Gasteiger partial charge in [-0.3, -0.25) is 9.59 Å². The predicted octanol–water partition coefficient (Wildman–Crippen LogP) is 0.689. The Balaban J connectivity index is 2.20. The maximum Gasteiger partial charge on any atom is 0.305 e. The van der Waals surface area contributed by atoms with Crippen LogP contribution in [-0.4, -0.2) is 62.6 Å². The number of hydrogen-bond donors (Lipinski definition) is 2. The number of sulfonamides is 1. The number of carboxylic acids is 1. The van der Waals surface area contributed by atoms with Crippen molar-refractivity contribution in [2.24, 2.45) is 0 Å². The van der Waals surface area contributed by atoms with E-state index in [1.165, 1.54) is 36.3 Å². The number of carbonyl (C=O) groups excluding carboxylic acids is 1. The third-order valence-corrected chi connectivity index (χ3v) is 5.69. The molecule has 2 atom stereocenters. The highest BCUT2D eigenvalue weighted by atomic mass is 32.2. The molecule has 0 bridgehead atoms. The molecule has 1 aliphatic heterocycles. The number of benzene rings is 1. The number of nitrogens with zero attached hydrogens (tertiary/aromatic N) is 1. The van der Waals surface area contributed by atoms with Crippen molar-refractivity contribution in [1.82, 2.24) is 9.62 Å². The van der Waals surface area contributed by atoms with Crippen molar-refractivity contribution < 1.29 is 27.9 Å². The maximum absolute atomic E-state index is 12.7. The van der Waals surface area contributed by atoms with Gasteiger partial charge in [-0.15, -0.1) is 0 Å². The van der Waals surface area contributed by atoms with Crippen LogP contribution in [0.15, 0.2) is 29.2 Å². The predicted molar refractivity (Wildman–Crippen MR) is 89.8 cm³/mol. The number of methoxy groups -OCH3 is 1. The second-order valence-electron chi connectivity index (χ2n) is 5.83. The summed E-state index contributed by atoms with van der Waals surface area (Å²) in [6, 6.07) is 5.15. The molecule has 2 unspecified atom stereocenters. The molecule has 1 aromatic rings. The molecule has 138 valence electrons. The zero-order chi connectivity index (χ0) is 18.6. The third-order valence-electron chi connectivity index (χ3n) is 4.13. The standard InChI is InChI=1S/C16H22N2O6S/c1-3-17-25(22,23)14-6-4-11(5-7-14)16(21)18-10-13(24-2)8-12(18)9-15(19)20/h4-7,12-13,17H,3,8-10H2,1-2H3,(H,19,20). The number of likely N-dealkylation sites (tertiary alicyclic amines) is 1. The van der Waals surface area contributed by atoms with E-state index >= 15 is 0 Å². The third kappa shape index (κ3) is 4.56. The van der Waals surface area contributed by atoms with Gasteiger partial charge in [0.15, 0.2) is 0 Å². The lowest BCUT2D eigenvalue weighted by Crippen LogP contribution is -2.37. The molecule has 1 amide bonds. The summed E-state index contributed by atoms with van der Waals surface area (Å²) in [5.41, 5.74) is 0.308. The number of nitrogens with one attached hydrogen (secondary N) is 1. The summed E-state index contributed by atoms with van der Waals surface area (Å²) in [7, 11) is -2.06. The van der Waals surface area contributed by atoms with Gasteiger partial charge in [0.1, 0.15) is 0 Å². The SMILES string of the molecule is CCNS(=O)(=O)c1ccc(C(=O)N2CC(OC)CC2CC(=O)O)cc1. The van der Waals surface area contributed by atoms with Gasteiger partial charge >= 0.3 is 5.97 Å². The minimum Gasteiger partial charge on any atom is -0.481 e. The van der Waals surface area contributed by atoms with E-state index in [2.05, 4.69) is 4.72 Å². The largest absolute Gasteiger partial charge is 0.481 e. The molecule has 25 heavy (non-hydrogen) atoms. The molecule has 2 N–H and O–H groups in total. The zero-order valence-corrected chi connectivity index (χ0v) is 15.0. The number of rotatable bonds is 7. The topological polar surface area (TPSA) is 113 Å². The molecule has 0 saturated carbocycles. The van der Waals surface area contributed by atoms with E-state index in [4.69, 9.17) is 9.84 Å². The zero-order valence-electron chi connectivity index (χ0n) is 14.1. The Morgan fingerprint density at radius 2 is 1.96 bits per heavy atom. The van der Waals surface area contributed by atoms with E-state index in [1.54, 1.807) is 6.92 Å². The highest BCUT2D eigenvalue weighted by Crippen LogP contribution is 2.25. The molecule has 0 aliphatic carbocycles. The first kappa shape index (κ1) is 19.4. The summed E-state index contributed by atoms with van der Waals surface area (Å²) in [5.74, 6) is -1.31. The Hall–Kier alpha value is -1.97. The fourth-order valence-electron chi connectivity index (χ4n) is 2.90. The molecule has 1 aliphatic rings. The lowest BCUT2D eigenvalue weighted by atomic mass is 10.1. The van der Waals surface area contributed by atoms with E-state index in [0.29, 0.717) is 18.5 Å². The minimum atomic E-state index is -3.58. The van der Waals surface area contributed by atoms with Crippen molar-refractivity contribution in [1.29, 1.82) is 0 Å². The molecule has 1 aromatic carbocycles. The number of amides is 1. The fraction of sp³-hybridized carbons (Fsp3) is 0.500. The first-order valence-corrected chi connectivity index (χ1v) is 9.42. The van der Waals surface area contributed by atoms with Gasteiger partial charge in [-0.2, -0.15) is 0 Å². The number of aliphatic carboxylic acids is 1. The van der Waals surface area contributed by atoms with Gasteiger partial charge in [0, 0.05) is 31.8 Å². The number of carbonyl (C=O) groups is 2. The van der Waals surface area contributed by atoms with Gasteiger partial charge in [0.25, 0.3) is 5.91 Å². The Morgan fingerprint density at radius 3 is 2.48 bits per heavy atom. The highest BCUT2D eigenvalue weighted by molar-refractivity contribution is 7.89. The quantitative estimate of drug-likeness (QED) is 0.730. The molecular weight excluding hydrogens is 348 g/mol. The van der Waals surface area contributed by atoms with Crippen molar-refractivity contribution in [3.63, 3.8) is 0 Å². The van der Waals surface area contributed by atoms with Gasteiger partial charge in [0.05, 0.1) is 17.4 Å². The first-order valence-electron chi connectivity index (χ1n) is 7.93. The second kappa shape index (κ2) is 7.94. The first-order chi connectivity index (χ1) is 11.8. The summed E-state index contributed by atoms with van der Waals surface area (Å²) in [4.78, 5) is 25.3. The maximum atomic E-state index is 12.7. The van der Waals surface area contributed by atoms with Crippen LogP contribution >= 0.6 is 0 Å². The van der Waals surface area contributed by atoms with Crippen LogP contribution in [-0.2, 0) is 19.6 Å². The van der Waals surface area contributed by atoms with Crippen molar-refractivity contribution in [2.45, 2.75) is 36.8 Å². The molecule has 1 fully saturated rings. The molecule has 2 rings (SSSR count). The number of ether oxygens (including phenoxy) is 1. The molecule has 0 aromatic heterocycles. The van der Waals surface area contributed by atoms with Gasteiger partial charge < -0.3 is 14.7 Å². The van der Waals surface area contributed by atoms with E-state index in [1.807, 2.05) is 0 Å². The van der Waals surface area contributed by atoms with Crippen LogP contribution in [0.5, 0.6) is 0 Å². The Bertz CT molecular complexity index is 731. The summed E-state index contributed by atoms with van der Waals surface area (Å²) in [5, 5.41) is 9.03. The molecule has 1 heterocycles. The molecular formula is C16H22N2O6S. The van der Waals surface area contributed by atoms with Gasteiger partial charge in [-0.05, 0) is 30.7 Å². The van der Waals surface area contributed by atoms with Crippen LogP contribution in [0.25, 0.3) is 0 Å². The molecule has 0 radical (unpaired) electrons. The molecule has 9 heteroatoms. The number of carboxylic acid groups (broad SMARTS) is 1. The second-order valence-corrected chi connectivity index (χ2v) is 7.60.